The molecule has 0 aliphatic carbocycles. The van der Waals surface area contributed by atoms with E-state index in [1.165, 1.54) is 0 Å². The van der Waals surface area contributed by atoms with E-state index >= 15 is 0 Å². The maximum atomic E-state index is 12.7. The van der Waals surface area contributed by atoms with Gasteiger partial charge in [0.25, 0.3) is 5.56 Å². The third-order valence-electron chi connectivity index (χ3n) is 4.47. The summed E-state index contributed by atoms with van der Waals surface area (Å²) in [6, 6.07) is 11.0. The molecule has 7 heteroatoms. The van der Waals surface area contributed by atoms with Crippen LogP contribution in [0.2, 0.25) is 0 Å². The van der Waals surface area contributed by atoms with Crippen molar-refractivity contribution >= 4 is 17.0 Å². The van der Waals surface area contributed by atoms with Gasteiger partial charge in [0.1, 0.15) is 11.8 Å². The molecule has 1 aliphatic heterocycles. The maximum Gasteiger partial charge on any atom is 0.262 e. The molecule has 3 aromatic rings. The van der Waals surface area contributed by atoms with Crippen LogP contribution in [0.15, 0.2) is 41.3 Å². The van der Waals surface area contributed by atoms with Gasteiger partial charge < -0.3 is 9.64 Å². The number of hydrogen-bond acceptors (Lipinski definition) is 6. The van der Waals surface area contributed by atoms with Crippen molar-refractivity contribution in [2.24, 2.45) is 0 Å². The molecule has 2 aromatic heterocycles. The van der Waals surface area contributed by atoms with Crippen molar-refractivity contribution < 1.29 is 4.74 Å². The second-order valence-electron chi connectivity index (χ2n) is 6.11. The van der Waals surface area contributed by atoms with Crippen LogP contribution in [0.5, 0.6) is 5.75 Å². The summed E-state index contributed by atoms with van der Waals surface area (Å²) in [7, 11) is 0. The van der Waals surface area contributed by atoms with Crippen LogP contribution in [-0.2, 0) is 0 Å². The minimum atomic E-state index is -0.190. The summed E-state index contributed by atoms with van der Waals surface area (Å²) in [5.41, 5.74) is 1.88. The first-order chi connectivity index (χ1) is 12.8. The van der Waals surface area contributed by atoms with E-state index in [-0.39, 0.29) is 12.2 Å². The molecule has 3 heterocycles. The Kier molecular flexibility index (Phi) is 4.23. The van der Waals surface area contributed by atoms with Gasteiger partial charge in [0.05, 0.1) is 5.39 Å². The lowest BCUT2D eigenvalue weighted by Gasteiger charge is -2.16. The first-order valence-corrected chi connectivity index (χ1v) is 8.50. The number of nitriles is 1. The van der Waals surface area contributed by atoms with Crippen LogP contribution in [0.25, 0.3) is 22.2 Å². The van der Waals surface area contributed by atoms with Gasteiger partial charge in [-0.15, -0.1) is 0 Å². The fourth-order valence-corrected chi connectivity index (χ4v) is 3.22. The first-order valence-electron chi connectivity index (χ1n) is 8.50. The highest BCUT2D eigenvalue weighted by molar-refractivity contribution is 5.92. The molecule has 1 aliphatic rings. The van der Waals surface area contributed by atoms with E-state index in [9.17, 15) is 4.79 Å². The molecule has 1 saturated heterocycles. The highest BCUT2D eigenvalue weighted by Crippen LogP contribution is 2.27. The van der Waals surface area contributed by atoms with Crippen molar-refractivity contribution in [3.8, 4) is 22.9 Å². The van der Waals surface area contributed by atoms with E-state index in [4.69, 9.17) is 10.00 Å². The summed E-state index contributed by atoms with van der Waals surface area (Å²) in [6.45, 7) is 1.80. The average Bonchev–Trinajstić information content (AvgIpc) is 3.21. The van der Waals surface area contributed by atoms with Crippen LogP contribution in [0.3, 0.4) is 0 Å². The Bertz CT molecular complexity index is 1030. The number of rotatable bonds is 4. The van der Waals surface area contributed by atoms with Gasteiger partial charge in [-0.25, -0.2) is 4.98 Å². The quantitative estimate of drug-likeness (QED) is 0.779. The summed E-state index contributed by atoms with van der Waals surface area (Å²) in [5.74, 6) is 1.20. The molecule has 1 fully saturated rings. The number of ether oxygens (including phenoxy) is 1. The number of anilines is 1. The Morgan fingerprint density at radius 2 is 1.96 bits per heavy atom. The number of aromatic amines is 1. The fourth-order valence-electron chi connectivity index (χ4n) is 3.22. The van der Waals surface area contributed by atoms with Crippen molar-refractivity contribution in [1.82, 2.24) is 15.0 Å². The number of benzene rings is 1. The zero-order chi connectivity index (χ0) is 17.9. The molecule has 0 amide bonds. The number of nitrogens with one attached hydrogen (secondary N) is 1. The van der Waals surface area contributed by atoms with Gasteiger partial charge >= 0.3 is 0 Å². The highest BCUT2D eigenvalue weighted by Gasteiger charge is 2.17. The SMILES string of the molecule is N#CCOc1ccc(-c2ccnc3nc(N4CCCC4)[nH]c(=O)c23)cc1. The zero-order valence-corrected chi connectivity index (χ0v) is 14.1. The standard InChI is InChI=1S/C19H17N5O2/c20-8-12-26-14-5-3-13(4-6-14)15-7-9-21-17-16(15)18(25)23-19(22-17)24-10-1-2-11-24/h3-7,9H,1-2,10-12H2,(H,21,22,23,25). The molecule has 1 N–H and O–H groups in total. The molecule has 0 spiro atoms. The maximum absolute atomic E-state index is 12.7. The Balaban J connectivity index is 1.76. The van der Waals surface area contributed by atoms with E-state index in [0.29, 0.717) is 22.7 Å². The topological polar surface area (TPSA) is 94.9 Å². The van der Waals surface area contributed by atoms with Crippen LogP contribution in [0.1, 0.15) is 12.8 Å². The van der Waals surface area contributed by atoms with Gasteiger partial charge in [0.2, 0.25) is 5.95 Å². The molecule has 7 nitrogen and oxygen atoms in total. The molecule has 0 unspecified atom stereocenters. The summed E-state index contributed by atoms with van der Waals surface area (Å²) < 4.78 is 5.27. The summed E-state index contributed by atoms with van der Waals surface area (Å²) in [6.07, 6.45) is 3.88. The van der Waals surface area contributed by atoms with Crippen molar-refractivity contribution in [2.75, 3.05) is 24.6 Å². The molecule has 0 radical (unpaired) electrons. The van der Waals surface area contributed by atoms with Crippen molar-refractivity contribution in [3.05, 3.63) is 46.9 Å². The molecule has 130 valence electrons. The van der Waals surface area contributed by atoms with Crippen molar-refractivity contribution in [2.45, 2.75) is 12.8 Å². The molecule has 0 bridgehead atoms. The predicted molar refractivity (Wildman–Crippen MR) is 98.1 cm³/mol. The Morgan fingerprint density at radius 3 is 2.69 bits per heavy atom. The van der Waals surface area contributed by atoms with Gasteiger partial charge in [0.15, 0.2) is 12.3 Å². The van der Waals surface area contributed by atoms with Gasteiger partial charge in [-0.1, -0.05) is 12.1 Å². The normalized spacial score (nSPS) is 13.7. The smallest absolute Gasteiger partial charge is 0.262 e. The summed E-state index contributed by atoms with van der Waals surface area (Å²) in [4.78, 5) is 26.6. The van der Waals surface area contributed by atoms with Crippen LogP contribution >= 0.6 is 0 Å². The van der Waals surface area contributed by atoms with Crippen molar-refractivity contribution in [3.63, 3.8) is 0 Å². The van der Waals surface area contributed by atoms with E-state index in [2.05, 4.69) is 19.9 Å². The molecule has 0 saturated carbocycles. The average molecular weight is 347 g/mol. The summed E-state index contributed by atoms with van der Waals surface area (Å²) >= 11 is 0. The number of pyridine rings is 1. The van der Waals surface area contributed by atoms with Crippen LogP contribution in [0.4, 0.5) is 5.95 Å². The number of fused-ring (bicyclic) bond motifs is 1. The third kappa shape index (κ3) is 2.97. The monoisotopic (exact) mass is 347 g/mol. The highest BCUT2D eigenvalue weighted by atomic mass is 16.5. The van der Waals surface area contributed by atoms with Crippen LogP contribution in [-0.4, -0.2) is 34.6 Å². The van der Waals surface area contributed by atoms with Gasteiger partial charge in [-0.05, 0) is 42.2 Å². The van der Waals surface area contributed by atoms with Crippen molar-refractivity contribution in [1.29, 1.82) is 5.26 Å². The summed E-state index contributed by atoms with van der Waals surface area (Å²) in [5, 5.41) is 9.05. The molecule has 0 atom stereocenters. The Labute approximate surface area is 149 Å². The Hall–Kier alpha value is -3.40. The minimum absolute atomic E-state index is 0.000396. The molecule has 26 heavy (non-hydrogen) atoms. The predicted octanol–water partition coefficient (Wildman–Crippen LogP) is 2.49. The minimum Gasteiger partial charge on any atom is -0.479 e. The largest absolute Gasteiger partial charge is 0.479 e. The zero-order valence-electron chi connectivity index (χ0n) is 14.1. The van der Waals surface area contributed by atoms with Gasteiger partial charge in [-0.2, -0.15) is 10.2 Å². The van der Waals surface area contributed by atoms with E-state index in [1.807, 2.05) is 18.2 Å². The first kappa shape index (κ1) is 16.1. The second kappa shape index (κ2) is 6.84. The van der Waals surface area contributed by atoms with E-state index in [1.54, 1.807) is 24.4 Å². The van der Waals surface area contributed by atoms with E-state index < -0.39 is 0 Å². The molecule has 1 aromatic carbocycles. The van der Waals surface area contributed by atoms with Gasteiger partial charge in [-0.3, -0.25) is 9.78 Å². The van der Waals surface area contributed by atoms with E-state index in [0.717, 1.165) is 37.1 Å². The second-order valence-corrected chi connectivity index (χ2v) is 6.11. The van der Waals surface area contributed by atoms with Crippen LogP contribution in [0, 0.1) is 11.3 Å². The number of nitrogens with zero attached hydrogens (tertiary/aromatic N) is 4. The van der Waals surface area contributed by atoms with Crippen LogP contribution < -0.4 is 15.2 Å². The van der Waals surface area contributed by atoms with Gasteiger partial charge in [0, 0.05) is 19.3 Å². The third-order valence-corrected chi connectivity index (χ3v) is 4.47. The lowest BCUT2D eigenvalue weighted by molar-refractivity contribution is 0.368. The number of H-pyrrole nitrogens is 1. The lowest BCUT2D eigenvalue weighted by atomic mass is 10.0. The lowest BCUT2D eigenvalue weighted by Crippen LogP contribution is -2.24. The molecule has 4 rings (SSSR count). The molecular weight excluding hydrogens is 330 g/mol. The fraction of sp³-hybridized carbons (Fsp3) is 0.263. The molecular formula is C19H17N5O2. The number of aromatic nitrogens is 3. The number of hydrogen-bond donors (Lipinski definition) is 1. The Morgan fingerprint density at radius 1 is 1.19 bits per heavy atom.